The van der Waals surface area contributed by atoms with Crippen molar-refractivity contribution < 1.29 is 31.1 Å². The molecule has 1 aromatic carbocycles. The molecule has 0 aromatic heterocycles. The molecule has 0 N–H and O–H groups in total. The van der Waals surface area contributed by atoms with Crippen LogP contribution >= 0.6 is 15.9 Å². The van der Waals surface area contributed by atoms with Crippen molar-refractivity contribution >= 4 is 15.9 Å². The number of halogens is 7. The van der Waals surface area contributed by atoms with Gasteiger partial charge in [0.1, 0.15) is 5.75 Å². The van der Waals surface area contributed by atoms with Crippen molar-refractivity contribution in [1.29, 1.82) is 0 Å². The third kappa shape index (κ3) is 4.05. The number of alkyl halides is 7. The van der Waals surface area contributed by atoms with Gasteiger partial charge in [0.15, 0.2) is 0 Å². The van der Waals surface area contributed by atoms with E-state index in [9.17, 15) is 26.3 Å². The summed E-state index contributed by atoms with van der Waals surface area (Å²) < 4.78 is 81.1. The molecule has 1 aliphatic rings. The van der Waals surface area contributed by atoms with Crippen molar-refractivity contribution in [2.24, 2.45) is 5.41 Å². The van der Waals surface area contributed by atoms with Gasteiger partial charge >= 0.3 is 12.4 Å². The van der Waals surface area contributed by atoms with Crippen LogP contribution in [0.2, 0.25) is 0 Å². The highest BCUT2D eigenvalue weighted by Gasteiger charge is 2.43. The van der Waals surface area contributed by atoms with Crippen LogP contribution in [0.5, 0.6) is 5.75 Å². The molecule has 0 saturated heterocycles. The summed E-state index contributed by atoms with van der Waals surface area (Å²) in [7, 11) is 0. The van der Waals surface area contributed by atoms with Crippen molar-refractivity contribution in [2.45, 2.75) is 25.2 Å². The summed E-state index contributed by atoms with van der Waals surface area (Å²) in [6.07, 6.45) is -8.04. The van der Waals surface area contributed by atoms with E-state index in [1.165, 1.54) is 0 Å². The molecule has 0 radical (unpaired) electrons. The Kier molecular flexibility index (Phi) is 4.21. The second-order valence-electron chi connectivity index (χ2n) is 5.16. The Morgan fingerprint density at radius 3 is 1.76 bits per heavy atom. The maximum Gasteiger partial charge on any atom is 0.416 e. The first-order valence-electron chi connectivity index (χ1n) is 6.04. The van der Waals surface area contributed by atoms with Crippen LogP contribution in [-0.2, 0) is 12.4 Å². The van der Waals surface area contributed by atoms with Crippen molar-refractivity contribution in [3.05, 3.63) is 29.3 Å². The molecule has 1 saturated carbocycles. The van der Waals surface area contributed by atoms with Crippen molar-refractivity contribution in [2.75, 3.05) is 11.9 Å². The molecule has 0 aliphatic heterocycles. The van der Waals surface area contributed by atoms with E-state index in [-0.39, 0.29) is 18.1 Å². The van der Waals surface area contributed by atoms with E-state index < -0.39 is 29.2 Å². The zero-order valence-corrected chi connectivity index (χ0v) is 12.2. The minimum atomic E-state index is -4.86. The van der Waals surface area contributed by atoms with Gasteiger partial charge < -0.3 is 4.74 Å². The lowest BCUT2D eigenvalue weighted by molar-refractivity contribution is -0.143. The average Bonchev–Trinajstić information content (AvgIpc) is 3.15. The SMILES string of the molecule is FC(F)(F)c1cc(OCC2(CBr)CC2)cc(C(F)(F)F)c1. The van der Waals surface area contributed by atoms with E-state index in [4.69, 9.17) is 4.74 Å². The molecule has 0 atom stereocenters. The Labute approximate surface area is 125 Å². The fourth-order valence-corrected chi connectivity index (χ4v) is 2.46. The quantitative estimate of drug-likeness (QED) is 0.513. The summed E-state index contributed by atoms with van der Waals surface area (Å²) in [5.41, 5.74) is -2.90. The van der Waals surface area contributed by atoms with Crippen molar-refractivity contribution in [3.63, 3.8) is 0 Å². The predicted molar refractivity (Wildman–Crippen MR) is 67.4 cm³/mol. The molecule has 0 bridgehead atoms. The smallest absolute Gasteiger partial charge is 0.416 e. The lowest BCUT2D eigenvalue weighted by Gasteiger charge is -2.17. The fourth-order valence-electron chi connectivity index (χ4n) is 1.74. The van der Waals surface area contributed by atoms with Gasteiger partial charge in [-0.25, -0.2) is 0 Å². The Balaban J connectivity index is 2.27. The summed E-state index contributed by atoms with van der Waals surface area (Å²) in [4.78, 5) is 0. The Morgan fingerprint density at radius 1 is 0.952 bits per heavy atom. The summed E-state index contributed by atoms with van der Waals surface area (Å²) >= 11 is 3.26. The molecular formula is C13H11BrF6O. The van der Waals surface area contributed by atoms with Crippen LogP contribution in [0.3, 0.4) is 0 Å². The number of hydrogen-bond donors (Lipinski definition) is 0. The Hall–Kier alpha value is -0.920. The molecule has 1 aromatic rings. The summed E-state index contributed by atoms with van der Waals surface area (Å²) in [5, 5.41) is 0.602. The number of hydrogen-bond acceptors (Lipinski definition) is 1. The van der Waals surface area contributed by atoms with Gasteiger partial charge in [-0.2, -0.15) is 26.3 Å². The zero-order valence-electron chi connectivity index (χ0n) is 10.6. The van der Waals surface area contributed by atoms with Crippen LogP contribution in [-0.4, -0.2) is 11.9 Å². The highest BCUT2D eigenvalue weighted by atomic mass is 79.9. The minimum Gasteiger partial charge on any atom is -0.493 e. The molecule has 1 fully saturated rings. The second kappa shape index (κ2) is 5.37. The average molecular weight is 377 g/mol. The van der Waals surface area contributed by atoms with E-state index in [0.717, 1.165) is 12.8 Å². The van der Waals surface area contributed by atoms with Gasteiger partial charge in [0.05, 0.1) is 17.7 Å². The van der Waals surface area contributed by atoms with Crippen LogP contribution in [0.1, 0.15) is 24.0 Å². The molecule has 0 spiro atoms. The maximum atomic E-state index is 12.7. The van der Waals surface area contributed by atoms with Gasteiger partial charge in [0.2, 0.25) is 0 Å². The van der Waals surface area contributed by atoms with Gasteiger partial charge in [-0.15, -0.1) is 0 Å². The lowest BCUT2D eigenvalue weighted by Crippen LogP contribution is -2.16. The van der Waals surface area contributed by atoms with Crippen LogP contribution in [0.15, 0.2) is 18.2 Å². The monoisotopic (exact) mass is 376 g/mol. The molecule has 21 heavy (non-hydrogen) atoms. The van der Waals surface area contributed by atoms with Crippen molar-refractivity contribution in [1.82, 2.24) is 0 Å². The van der Waals surface area contributed by atoms with Crippen LogP contribution < -0.4 is 4.74 Å². The van der Waals surface area contributed by atoms with Crippen LogP contribution in [0, 0.1) is 5.41 Å². The molecule has 118 valence electrons. The number of rotatable bonds is 4. The Bertz CT molecular complexity index is 486. The van der Waals surface area contributed by atoms with E-state index in [2.05, 4.69) is 15.9 Å². The van der Waals surface area contributed by atoms with Gasteiger partial charge in [0.25, 0.3) is 0 Å². The zero-order chi connectivity index (χ0) is 15.9. The van der Waals surface area contributed by atoms with Gasteiger partial charge in [-0.3, -0.25) is 0 Å². The van der Waals surface area contributed by atoms with Crippen molar-refractivity contribution in [3.8, 4) is 5.75 Å². The standard InChI is InChI=1S/C13H11BrF6O/c14-6-11(1-2-11)7-21-10-4-8(12(15,16)17)3-9(5-10)13(18,19)20/h3-5H,1-2,6-7H2. The molecule has 1 aliphatic carbocycles. The molecule has 2 rings (SSSR count). The number of benzene rings is 1. The number of ether oxygens (including phenoxy) is 1. The van der Waals surface area contributed by atoms with Gasteiger partial charge in [0, 0.05) is 10.7 Å². The lowest BCUT2D eigenvalue weighted by atomic mass is 10.1. The van der Waals surface area contributed by atoms with Gasteiger partial charge in [-0.05, 0) is 31.0 Å². The highest BCUT2D eigenvalue weighted by Crippen LogP contribution is 2.47. The Morgan fingerprint density at radius 2 is 1.43 bits per heavy atom. The topological polar surface area (TPSA) is 9.23 Å². The summed E-state index contributed by atoms with van der Waals surface area (Å²) in [6.45, 7) is 0.0941. The predicted octanol–water partition coefficient (Wildman–Crippen LogP) is 5.28. The first-order chi connectivity index (χ1) is 9.56. The molecular weight excluding hydrogens is 366 g/mol. The normalized spacial score (nSPS) is 17.7. The molecule has 0 unspecified atom stereocenters. The van der Waals surface area contributed by atoms with Crippen LogP contribution in [0.4, 0.5) is 26.3 Å². The van der Waals surface area contributed by atoms with E-state index >= 15 is 0 Å². The largest absolute Gasteiger partial charge is 0.493 e. The molecule has 0 heterocycles. The highest BCUT2D eigenvalue weighted by molar-refractivity contribution is 9.09. The third-order valence-electron chi connectivity index (χ3n) is 3.35. The maximum absolute atomic E-state index is 12.7. The summed E-state index contributed by atoms with van der Waals surface area (Å²) in [5.74, 6) is -0.413. The molecule has 1 nitrogen and oxygen atoms in total. The minimum absolute atomic E-state index is 0.0875. The van der Waals surface area contributed by atoms with E-state index in [1.54, 1.807) is 0 Å². The second-order valence-corrected chi connectivity index (χ2v) is 5.72. The first kappa shape index (κ1) is 16.5. The fraction of sp³-hybridized carbons (Fsp3) is 0.538. The third-order valence-corrected chi connectivity index (χ3v) is 4.54. The molecule has 8 heteroatoms. The van der Waals surface area contributed by atoms with Crippen LogP contribution in [0.25, 0.3) is 0 Å². The molecule has 0 amide bonds. The first-order valence-corrected chi connectivity index (χ1v) is 7.16. The van der Waals surface area contributed by atoms with E-state index in [1.807, 2.05) is 0 Å². The summed E-state index contributed by atoms with van der Waals surface area (Å²) in [6, 6.07) is 1.28. The van der Waals surface area contributed by atoms with Gasteiger partial charge in [-0.1, -0.05) is 15.9 Å². The van der Waals surface area contributed by atoms with E-state index in [0.29, 0.717) is 17.5 Å².